The standard InChI is InChI=1S/C13H13F3N2O4S/c1-8-9(2)21-12(18-8)7-17-23(19,20)11-5-3-10(4-6-11)22-13(14,15)16/h3-6,17H,7H2,1-2H3. The van der Waals surface area contributed by atoms with Crippen molar-refractivity contribution in [2.24, 2.45) is 0 Å². The monoisotopic (exact) mass is 350 g/mol. The fraction of sp³-hybridized carbons (Fsp3) is 0.308. The van der Waals surface area contributed by atoms with Crippen LogP contribution < -0.4 is 9.46 Å². The van der Waals surface area contributed by atoms with Crippen LogP contribution in [0, 0.1) is 13.8 Å². The molecule has 1 aromatic carbocycles. The van der Waals surface area contributed by atoms with Crippen molar-refractivity contribution >= 4 is 10.0 Å². The Morgan fingerprint density at radius 3 is 2.30 bits per heavy atom. The minimum absolute atomic E-state index is 0.169. The number of sulfonamides is 1. The fourth-order valence-electron chi connectivity index (χ4n) is 1.68. The van der Waals surface area contributed by atoms with Crippen molar-refractivity contribution in [2.45, 2.75) is 31.7 Å². The molecule has 0 aliphatic heterocycles. The Morgan fingerprint density at radius 2 is 1.83 bits per heavy atom. The fourth-order valence-corrected chi connectivity index (χ4v) is 2.65. The van der Waals surface area contributed by atoms with Crippen molar-refractivity contribution in [3.63, 3.8) is 0 Å². The lowest BCUT2D eigenvalue weighted by atomic mass is 10.3. The summed E-state index contributed by atoms with van der Waals surface area (Å²) in [6, 6.07) is 3.86. The summed E-state index contributed by atoms with van der Waals surface area (Å²) in [5.74, 6) is 0.267. The molecule has 23 heavy (non-hydrogen) atoms. The van der Waals surface area contributed by atoms with Crippen molar-refractivity contribution in [3.05, 3.63) is 41.6 Å². The zero-order valence-electron chi connectivity index (χ0n) is 12.1. The van der Waals surface area contributed by atoms with Gasteiger partial charge < -0.3 is 9.15 Å². The molecular formula is C13H13F3N2O4S. The molecule has 126 valence electrons. The molecular weight excluding hydrogens is 337 g/mol. The van der Waals surface area contributed by atoms with Crippen molar-refractivity contribution in [1.82, 2.24) is 9.71 Å². The normalized spacial score (nSPS) is 12.4. The van der Waals surface area contributed by atoms with Crippen LogP contribution in [0.4, 0.5) is 13.2 Å². The third kappa shape index (κ3) is 4.70. The number of nitrogens with one attached hydrogen (secondary N) is 1. The molecule has 1 aromatic heterocycles. The first-order chi connectivity index (χ1) is 10.6. The van der Waals surface area contributed by atoms with Gasteiger partial charge in [0.25, 0.3) is 0 Å². The van der Waals surface area contributed by atoms with Crippen LogP contribution in [0.1, 0.15) is 17.3 Å². The summed E-state index contributed by atoms with van der Waals surface area (Å²) in [7, 11) is -3.91. The molecule has 0 unspecified atom stereocenters. The third-order valence-electron chi connectivity index (χ3n) is 2.85. The number of benzene rings is 1. The first-order valence-electron chi connectivity index (χ1n) is 6.35. The summed E-state index contributed by atoms with van der Waals surface area (Å²) < 4.78 is 71.4. The molecule has 6 nitrogen and oxygen atoms in total. The van der Waals surface area contributed by atoms with Gasteiger partial charge in [-0.2, -0.15) is 0 Å². The summed E-state index contributed by atoms with van der Waals surface area (Å²) in [5, 5.41) is 0. The molecule has 0 saturated heterocycles. The zero-order valence-corrected chi connectivity index (χ0v) is 13.0. The van der Waals surface area contributed by atoms with Crippen molar-refractivity contribution in [2.75, 3.05) is 0 Å². The van der Waals surface area contributed by atoms with Gasteiger partial charge in [-0.1, -0.05) is 0 Å². The SMILES string of the molecule is Cc1nc(CNS(=O)(=O)c2ccc(OC(F)(F)F)cc2)oc1C. The maximum Gasteiger partial charge on any atom is 0.573 e. The number of hydrogen-bond acceptors (Lipinski definition) is 5. The minimum atomic E-state index is -4.83. The topological polar surface area (TPSA) is 81.4 Å². The molecule has 0 radical (unpaired) electrons. The largest absolute Gasteiger partial charge is 0.573 e. The van der Waals surface area contributed by atoms with Crippen LogP contribution in [0.25, 0.3) is 0 Å². The highest BCUT2D eigenvalue weighted by atomic mass is 32.2. The van der Waals surface area contributed by atoms with Crippen molar-refractivity contribution in [1.29, 1.82) is 0 Å². The highest BCUT2D eigenvalue weighted by Crippen LogP contribution is 2.23. The quantitative estimate of drug-likeness (QED) is 0.897. The van der Waals surface area contributed by atoms with Gasteiger partial charge >= 0.3 is 6.36 Å². The van der Waals surface area contributed by atoms with Crippen LogP contribution in [0.15, 0.2) is 33.6 Å². The molecule has 0 atom stereocenters. The lowest BCUT2D eigenvalue weighted by Gasteiger charge is -2.09. The van der Waals surface area contributed by atoms with Gasteiger partial charge in [-0.05, 0) is 38.1 Å². The van der Waals surface area contributed by atoms with E-state index in [0.717, 1.165) is 24.3 Å². The predicted molar refractivity (Wildman–Crippen MR) is 73.1 cm³/mol. The Bertz CT molecular complexity index is 763. The smallest absolute Gasteiger partial charge is 0.444 e. The molecule has 0 aliphatic carbocycles. The highest BCUT2D eigenvalue weighted by molar-refractivity contribution is 7.89. The molecule has 0 saturated carbocycles. The van der Waals surface area contributed by atoms with E-state index in [1.165, 1.54) is 0 Å². The minimum Gasteiger partial charge on any atom is -0.444 e. The Hall–Kier alpha value is -2.07. The molecule has 0 bridgehead atoms. The van der Waals surface area contributed by atoms with Gasteiger partial charge in [0.15, 0.2) is 0 Å². The molecule has 2 aromatic rings. The Balaban J connectivity index is 2.07. The molecule has 1 N–H and O–H groups in total. The number of alkyl halides is 3. The lowest BCUT2D eigenvalue weighted by Crippen LogP contribution is -2.23. The first kappa shape index (κ1) is 17.3. The third-order valence-corrected chi connectivity index (χ3v) is 4.27. The summed E-state index contributed by atoms with van der Waals surface area (Å²) >= 11 is 0. The van der Waals surface area contributed by atoms with E-state index in [-0.39, 0.29) is 17.3 Å². The average molecular weight is 350 g/mol. The summed E-state index contributed by atoms with van der Waals surface area (Å²) in [6.45, 7) is 3.24. The maximum atomic E-state index is 12.1. The molecule has 0 aliphatic rings. The van der Waals surface area contributed by atoms with E-state index in [4.69, 9.17) is 4.42 Å². The second kappa shape index (κ2) is 6.20. The van der Waals surface area contributed by atoms with E-state index in [9.17, 15) is 21.6 Å². The summed E-state index contributed by atoms with van der Waals surface area (Å²) in [5.41, 5.74) is 0.646. The van der Waals surface area contributed by atoms with E-state index in [1.54, 1.807) is 13.8 Å². The van der Waals surface area contributed by atoms with E-state index in [2.05, 4.69) is 14.4 Å². The van der Waals surface area contributed by atoms with E-state index in [0.29, 0.717) is 11.5 Å². The van der Waals surface area contributed by atoms with E-state index >= 15 is 0 Å². The van der Waals surface area contributed by atoms with Crippen LogP contribution >= 0.6 is 0 Å². The number of aryl methyl sites for hydroxylation is 2. The highest BCUT2D eigenvalue weighted by Gasteiger charge is 2.31. The molecule has 1 heterocycles. The van der Waals surface area contributed by atoms with Gasteiger partial charge in [-0.3, -0.25) is 0 Å². The van der Waals surface area contributed by atoms with E-state index in [1.807, 2.05) is 0 Å². The van der Waals surface area contributed by atoms with Crippen molar-refractivity contribution in [3.8, 4) is 5.75 Å². The Labute approximate surface area is 130 Å². The lowest BCUT2D eigenvalue weighted by molar-refractivity contribution is -0.274. The van der Waals surface area contributed by atoms with Gasteiger partial charge in [-0.25, -0.2) is 18.1 Å². The first-order valence-corrected chi connectivity index (χ1v) is 7.83. The molecule has 0 spiro atoms. The number of hydrogen-bond donors (Lipinski definition) is 1. The second-order valence-corrected chi connectivity index (χ2v) is 6.36. The van der Waals surface area contributed by atoms with E-state index < -0.39 is 22.1 Å². The van der Waals surface area contributed by atoms with Crippen LogP contribution in [-0.4, -0.2) is 19.8 Å². The predicted octanol–water partition coefficient (Wildman–Crippen LogP) is 2.67. The van der Waals surface area contributed by atoms with Crippen molar-refractivity contribution < 1.29 is 30.7 Å². The summed E-state index contributed by atoms with van der Waals surface area (Å²) in [4.78, 5) is 3.82. The second-order valence-electron chi connectivity index (χ2n) is 4.59. The van der Waals surface area contributed by atoms with Crippen LogP contribution in [0.3, 0.4) is 0 Å². The van der Waals surface area contributed by atoms with Gasteiger partial charge in [0.2, 0.25) is 15.9 Å². The number of oxazole rings is 1. The Morgan fingerprint density at radius 1 is 1.22 bits per heavy atom. The number of aromatic nitrogens is 1. The average Bonchev–Trinajstić information content (AvgIpc) is 2.75. The molecule has 0 amide bonds. The maximum absolute atomic E-state index is 12.1. The van der Waals surface area contributed by atoms with Crippen LogP contribution in [-0.2, 0) is 16.6 Å². The molecule has 10 heteroatoms. The number of halogens is 3. The molecule has 0 fully saturated rings. The number of nitrogens with zero attached hydrogens (tertiary/aromatic N) is 1. The van der Waals surface area contributed by atoms with Gasteiger partial charge in [0.05, 0.1) is 17.1 Å². The number of ether oxygens (including phenoxy) is 1. The Kier molecular flexibility index (Phi) is 4.66. The van der Waals surface area contributed by atoms with Crippen LogP contribution in [0.2, 0.25) is 0 Å². The van der Waals surface area contributed by atoms with Gasteiger partial charge in [-0.15, -0.1) is 13.2 Å². The van der Waals surface area contributed by atoms with Gasteiger partial charge in [0, 0.05) is 0 Å². The van der Waals surface area contributed by atoms with Gasteiger partial charge in [0.1, 0.15) is 11.5 Å². The summed E-state index contributed by atoms with van der Waals surface area (Å²) in [6.07, 6.45) is -4.83. The van der Waals surface area contributed by atoms with Crippen LogP contribution in [0.5, 0.6) is 5.75 Å². The number of rotatable bonds is 5. The zero-order chi connectivity index (χ0) is 17.3. The molecule has 2 rings (SSSR count).